The van der Waals surface area contributed by atoms with Crippen molar-refractivity contribution in [2.24, 2.45) is 0 Å². The standard InChI is InChI=1S/C10H12F2N2O3/c11-10(12)6-13-5-9(15)7-1-3-8(4-2-7)14(16)17/h1-4,9-10,13,15H,5-6H2. The van der Waals surface area contributed by atoms with Gasteiger partial charge < -0.3 is 10.4 Å². The number of aliphatic hydroxyl groups is 1. The number of hydrogen-bond donors (Lipinski definition) is 2. The zero-order valence-electron chi connectivity index (χ0n) is 8.85. The fourth-order valence-electron chi connectivity index (χ4n) is 1.27. The molecular weight excluding hydrogens is 234 g/mol. The summed E-state index contributed by atoms with van der Waals surface area (Å²) in [6.07, 6.45) is -3.44. The highest BCUT2D eigenvalue weighted by molar-refractivity contribution is 5.33. The quantitative estimate of drug-likeness (QED) is 0.589. The minimum atomic E-state index is -2.47. The number of aliphatic hydroxyl groups excluding tert-OH is 1. The van der Waals surface area contributed by atoms with E-state index in [0.717, 1.165) is 0 Å². The SMILES string of the molecule is O=[N+]([O-])c1ccc(C(O)CNCC(F)F)cc1. The number of alkyl halides is 2. The van der Waals surface area contributed by atoms with Gasteiger partial charge in [0, 0.05) is 18.7 Å². The first kappa shape index (κ1) is 13.5. The van der Waals surface area contributed by atoms with Crippen molar-refractivity contribution in [1.82, 2.24) is 5.32 Å². The molecule has 0 aliphatic carbocycles. The third-order valence-corrected chi connectivity index (χ3v) is 2.13. The summed E-state index contributed by atoms with van der Waals surface area (Å²) in [5.41, 5.74) is 0.360. The third kappa shape index (κ3) is 4.41. The summed E-state index contributed by atoms with van der Waals surface area (Å²) in [6.45, 7) is -0.522. The number of nitro groups is 1. The molecule has 1 rings (SSSR count). The Labute approximate surface area is 96.2 Å². The highest BCUT2D eigenvalue weighted by Gasteiger charge is 2.11. The van der Waals surface area contributed by atoms with Crippen LogP contribution < -0.4 is 5.32 Å². The Morgan fingerprint density at radius 3 is 2.35 bits per heavy atom. The molecule has 2 N–H and O–H groups in total. The molecule has 1 aromatic rings. The maximum atomic E-state index is 11.8. The molecule has 0 saturated carbocycles. The molecule has 94 valence electrons. The Morgan fingerprint density at radius 1 is 1.29 bits per heavy atom. The van der Waals surface area contributed by atoms with Gasteiger partial charge in [-0.2, -0.15) is 0 Å². The first-order valence-electron chi connectivity index (χ1n) is 4.92. The molecule has 0 saturated heterocycles. The van der Waals surface area contributed by atoms with Crippen molar-refractivity contribution in [2.45, 2.75) is 12.5 Å². The van der Waals surface area contributed by atoms with Crippen molar-refractivity contribution in [2.75, 3.05) is 13.1 Å². The molecule has 17 heavy (non-hydrogen) atoms. The zero-order valence-corrected chi connectivity index (χ0v) is 8.85. The first-order chi connectivity index (χ1) is 8.00. The van der Waals surface area contributed by atoms with Crippen LogP contribution in [0.1, 0.15) is 11.7 Å². The lowest BCUT2D eigenvalue weighted by Gasteiger charge is -2.11. The van der Waals surface area contributed by atoms with Gasteiger partial charge in [0.05, 0.1) is 17.6 Å². The first-order valence-corrected chi connectivity index (χ1v) is 4.92. The maximum absolute atomic E-state index is 11.8. The number of halogens is 2. The van der Waals surface area contributed by atoms with Crippen molar-refractivity contribution in [3.05, 3.63) is 39.9 Å². The van der Waals surface area contributed by atoms with Gasteiger partial charge in [0.1, 0.15) is 0 Å². The average Bonchev–Trinajstić information content (AvgIpc) is 2.28. The maximum Gasteiger partial charge on any atom is 0.269 e. The van der Waals surface area contributed by atoms with Gasteiger partial charge in [-0.05, 0) is 17.7 Å². The summed E-state index contributed by atoms with van der Waals surface area (Å²) in [4.78, 5) is 9.83. The van der Waals surface area contributed by atoms with E-state index in [4.69, 9.17) is 0 Å². The molecule has 1 atom stereocenters. The average molecular weight is 246 g/mol. The molecule has 5 nitrogen and oxygen atoms in total. The van der Waals surface area contributed by atoms with Crippen LogP contribution in [0.2, 0.25) is 0 Å². The molecule has 0 spiro atoms. The summed E-state index contributed by atoms with van der Waals surface area (Å²) in [6, 6.07) is 5.30. The van der Waals surface area contributed by atoms with Gasteiger partial charge in [-0.15, -0.1) is 0 Å². The van der Waals surface area contributed by atoms with Crippen LogP contribution in [-0.4, -0.2) is 29.5 Å². The second kappa shape index (κ2) is 6.21. The van der Waals surface area contributed by atoms with E-state index < -0.39 is 24.0 Å². The van der Waals surface area contributed by atoms with E-state index in [1.54, 1.807) is 0 Å². The molecule has 7 heteroatoms. The molecule has 0 bridgehead atoms. The van der Waals surface area contributed by atoms with Gasteiger partial charge in [-0.25, -0.2) is 8.78 Å². The third-order valence-electron chi connectivity index (χ3n) is 2.13. The van der Waals surface area contributed by atoms with Crippen LogP contribution in [0, 0.1) is 10.1 Å². The van der Waals surface area contributed by atoms with Crippen molar-refractivity contribution >= 4 is 5.69 Å². The highest BCUT2D eigenvalue weighted by atomic mass is 19.3. The smallest absolute Gasteiger partial charge is 0.269 e. The molecule has 0 fully saturated rings. The van der Waals surface area contributed by atoms with Gasteiger partial charge in [0.25, 0.3) is 12.1 Å². The molecule has 1 aromatic carbocycles. The Morgan fingerprint density at radius 2 is 1.88 bits per heavy atom. The predicted octanol–water partition coefficient (Wildman–Crippen LogP) is 1.48. The van der Waals surface area contributed by atoms with E-state index in [0.29, 0.717) is 5.56 Å². The van der Waals surface area contributed by atoms with Gasteiger partial charge in [-0.1, -0.05) is 0 Å². The topological polar surface area (TPSA) is 75.4 Å². The van der Waals surface area contributed by atoms with Crippen LogP contribution in [0.3, 0.4) is 0 Å². The molecule has 0 radical (unpaired) electrons. The normalized spacial score (nSPS) is 12.7. The molecule has 1 unspecified atom stereocenters. The van der Waals surface area contributed by atoms with E-state index in [1.165, 1.54) is 24.3 Å². The van der Waals surface area contributed by atoms with Crippen LogP contribution in [-0.2, 0) is 0 Å². The van der Waals surface area contributed by atoms with E-state index in [1.807, 2.05) is 0 Å². The minimum absolute atomic E-state index is 0.0256. The minimum Gasteiger partial charge on any atom is -0.387 e. The van der Waals surface area contributed by atoms with E-state index in [2.05, 4.69) is 5.32 Å². The largest absolute Gasteiger partial charge is 0.387 e. The van der Waals surface area contributed by atoms with E-state index in [-0.39, 0.29) is 12.2 Å². The van der Waals surface area contributed by atoms with Gasteiger partial charge in [-0.3, -0.25) is 10.1 Å². The number of nitrogens with zero attached hydrogens (tertiary/aromatic N) is 1. The number of nitrogens with one attached hydrogen (secondary N) is 1. The summed E-state index contributed by atoms with van der Waals surface area (Å²) in [7, 11) is 0. The molecular formula is C10H12F2N2O3. The summed E-state index contributed by atoms with van der Waals surface area (Å²) >= 11 is 0. The Bertz CT molecular complexity index is 370. The Hall–Kier alpha value is -1.60. The zero-order chi connectivity index (χ0) is 12.8. The number of benzene rings is 1. The fraction of sp³-hybridized carbons (Fsp3) is 0.400. The summed E-state index contributed by atoms with van der Waals surface area (Å²) in [5.74, 6) is 0. The van der Waals surface area contributed by atoms with E-state index >= 15 is 0 Å². The predicted molar refractivity (Wildman–Crippen MR) is 56.9 cm³/mol. The molecule has 0 aliphatic rings. The molecule has 0 heterocycles. The lowest BCUT2D eigenvalue weighted by Crippen LogP contribution is -2.26. The monoisotopic (exact) mass is 246 g/mol. The van der Waals surface area contributed by atoms with Crippen LogP contribution in [0.25, 0.3) is 0 Å². The van der Waals surface area contributed by atoms with Crippen LogP contribution in [0.5, 0.6) is 0 Å². The number of non-ortho nitro benzene ring substituents is 1. The number of hydrogen-bond acceptors (Lipinski definition) is 4. The van der Waals surface area contributed by atoms with Crippen molar-refractivity contribution in [3.63, 3.8) is 0 Å². The lowest BCUT2D eigenvalue weighted by molar-refractivity contribution is -0.384. The fourth-order valence-corrected chi connectivity index (χ4v) is 1.27. The second-order valence-electron chi connectivity index (χ2n) is 3.41. The van der Waals surface area contributed by atoms with Crippen molar-refractivity contribution in [3.8, 4) is 0 Å². The molecule has 0 amide bonds. The summed E-state index contributed by atoms with van der Waals surface area (Å²) in [5, 5.41) is 22.3. The van der Waals surface area contributed by atoms with Crippen LogP contribution >= 0.6 is 0 Å². The van der Waals surface area contributed by atoms with Gasteiger partial charge in [0.15, 0.2) is 0 Å². The second-order valence-corrected chi connectivity index (χ2v) is 3.41. The molecule has 0 aromatic heterocycles. The molecule has 0 aliphatic heterocycles. The highest BCUT2D eigenvalue weighted by Crippen LogP contribution is 2.17. The van der Waals surface area contributed by atoms with Crippen molar-refractivity contribution < 1.29 is 18.8 Å². The number of nitro benzene ring substituents is 1. The van der Waals surface area contributed by atoms with Crippen molar-refractivity contribution in [1.29, 1.82) is 0 Å². The summed E-state index contributed by atoms with van der Waals surface area (Å²) < 4.78 is 23.6. The van der Waals surface area contributed by atoms with Crippen LogP contribution in [0.4, 0.5) is 14.5 Å². The van der Waals surface area contributed by atoms with E-state index in [9.17, 15) is 24.0 Å². The van der Waals surface area contributed by atoms with Crippen LogP contribution in [0.15, 0.2) is 24.3 Å². The Kier molecular flexibility index (Phi) is 4.92. The van der Waals surface area contributed by atoms with Gasteiger partial charge >= 0.3 is 0 Å². The lowest BCUT2D eigenvalue weighted by atomic mass is 10.1. The number of rotatable bonds is 6. The Balaban J connectivity index is 2.51. The van der Waals surface area contributed by atoms with Gasteiger partial charge in [0.2, 0.25) is 0 Å².